The van der Waals surface area contributed by atoms with Gasteiger partial charge >= 0.3 is 0 Å². The first-order valence-corrected chi connectivity index (χ1v) is 8.41. The minimum absolute atomic E-state index is 0.0381. The molecule has 0 aliphatic heterocycles. The molecule has 0 heterocycles. The molecule has 0 bridgehead atoms. The molecule has 0 aromatic heterocycles. The second kappa shape index (κ2) is 7.42. The molecular formula is C14H23N3O3S. The average Bonchev–Trinajstić information content (AvgIpc) is 2.38. The second-order valence-corrected chi connectivity index (χ2v) is 6.77. The van der Waals surface area contributed by atoms with Gasteiger partial charge in [0.15, 0.2) is 0 Å². The SMILES string of the molecule is CCNc1ccc(S(=O)(=O)NC(C)C(=O)NC(C)C)cc1. The lowest BCUT2D eigenvalue weighted by molar-refractivity contribution is -0.122. The molecule has 1 amide bonds. The molecule has 0 fully saturated rings. The number of hydrogen-bond acceptors (Lipinski definition) is 4. The molecule has 1 atom stereocenters. The minimum Gasteiger partial charge on any atom is -0.385 e. The molecule has 0 aliphatic carbocycles. The van der Waals surface area contributed by atoms with E-state index < -0.39 is 16.1 Å². The van der Waals surface area contributed by atoms with Gasteiger partial charge in [-0.15, -0.1) is 0 Å². The van der Waals surface area contributed by atoms with E-state index in [0.29, 0.717) is 0 Å². The van der Waals surface area contributed by atoms with Gasteiger partial charge in [-0.25, -0.2) is 8.42 Å². The molecule has 6 nitrogen and oxygen atoms in total. The third kappa shape index (κ3) is 5.35. The van der Waals surface area contributed by atoms with Gasteiger partial charge in [0.2, 0.25) is 15.9 Å². The molecule has 1 aromatic carbocycles. The van der Waals surface area contributed by atoms with E-state index in [1.807, 2.05) is 20.8 Å². The van der Waals surface area contributed by atoms with Crippen LogP contribution in [0.15, 0.2) is 29.2 Å². The van der Waals surface area contributed by atoms with Gasteiger partial charge in [0.25, 0.3) is 0 Å². The fourth-order valence-corrected chi connectivity index (χ4v) is 2.92. The van der Waals surface area contributed by atoms with Crippen LogP contribution < -0.4 is 15.4 Å². The number of benzene rings is 1. The van der Waals surface area contributed by atoms with Gasteiger partial charge in [-0.2, -0.15) is 4.72 Å². The van der Waals surface area contributed by atoms with E-state index in [9.17, 15) is 13.2 Å². The topological polar surface area (TPSA) is 87.3 Å². The maximum atomic E-state index is 12.2. The van der Waals surface area contributed by atoms with Gasteiger partial charge in [0, 0.05) is 18.3 Å². The molecule has 21 heavy (non-hydrogen) atoms. The summed E-state index contributed by atoms with van der Waals surface area (Å²) in [6, 6.07) is 5.53. The lowest BCUT2D eigenvalue weighted by Gasteiger charge is -2.16. The quantitative estimate of drug-likeness (QED) is 0.708. The Morgan fingerprint density at radius 1 is 1.14 bits per heavy atom. The molecule has 0 aliphatic rings. The van der Waals surface area contributed by atoms with E-state index in [-0.39, 0.29) is 16.8 Å². The van der Waals surface area contributed by atoms with E-state index in [4.69, 9.17) is 0 Å². The highest BCUT2D eigenvalue weighted by molar-refractivity contribution is 7.89. The van der Waals surface area contributed by atoms with Crippen LogP contribution in [-0.2, 0) is 14.8 Å². The monoisotopic (exact) mass is 313 g/mol. The highest BCUT2D eigenvalue weighted by Crippen LogP contribution is 2.14. The van der Waals surface area contributed by atoms with E-state index >= 15 is 0 Å². The van der Waals surface area contributed by atoms with Crippen LogP contribution in [-0.4, -0.2) is 33.0 Å². The molecule has 0 saturated carbocycles. The molecule has 7 heteroatoms. The molecule has 1 unspecified atom stereocenters. The number of sulfonamides is 1. The molecule has 118 valence electrons. The van der Waals surface area contributed by atoms with E-state index in [0.717, 1.165) is 12.2 Å². The summed E-state index contributed by atoms with van der Waals surface area (Å²) >= 11 is 0. The van der Waals surface area contributed by atoms with Gasteiger partial charge < -0.3 is 10.6 Å². The van der Waals surface area contributed by atoms with Crippen molar-refractivity contribution in [3.63, 3.8) is 0 Å². The lowest BCUT2D eigenvalue weighted by atomic mass is 10.3. The van der Waals surface area contributed by atoms with Crippen LogP contribution in [0.4, 0.5) is 5.69 Å². The van der Waals surface area contributed by atoms with Crippen LogP contribution in [0.2, 0.25) is 0 Å². The first-order chi connectivity index (χ1) is 9.76. The lowest BCUT2D eigenvalue weighted by Crippen LogP contribution is -2.46. The van der Waals surface area contributed by atoms with Gasteiger partial charge in [-0.1, -0.05) is 0 Å². The van der Waals surface area contributed by atoms with Crippen LogP contribution in [0.1, 0.15) is 27.7 Å². The molecular weight excluding hydrogens is 290 g/mol. The fraction of sp³-hybridized carbons (Fsp3) is 0.500. The maximum absolute atomic E-state index is 12.2. The van der Waals surface area contributed by atoms with E-state index in [1.54, 1.807) is 12.1 Å². The number of amides is 1. The first kappa shape index (κ1) is 17.5. The molecule has 1 rings (SSSR count). The predicted molar refractivity (Wildman–Crippen MR) is 83.7 cm³/mol. The first-order valence-electron chi connectivity index (χ1n) is 6.93. The fourth-order valence-electron chi connectivity index (χ4n) is 1.72. The normalized spacial score (nSPS) is 13.0. The van der Waals surface area contributed by atoms with Crippen LogP contribution in [0, 0.1) is 0 Å². The van der Waals surface area contributed by atoms with Crippen molar-refractivity contribution in [1.82, 2.24) is 10.0 Å². The standard InChI is InChI=1S/C14H23N3O3S/c1-5-15-12-6-8-13(9-7-12)21(19,20)17-11(4)14(18)16-10(2)3/h6-11,15,17H,5H2,1-4H3,(H,16,18). The highest BCUT2D eigenvalue weighted by atomic mass is 32.2. The number of rotatable bonds is 7. The number of carbonyl (C=O) groups excluding carboxylic acids is 1. The molecule has 0 saturated heterocycles. The number of hydrogen-bond donors (Lipinski definition) is 3. The van der Waals surface area contributed by atoms with Crippen LogP contribution >= 0.6 is 0 Å². The van der Waals surface area contributed by atoms with Gasteiger partial charge in [0.05, 0.1) is 10.9 Å². The van der Waals surface area contributed by atoms with Crippen molar-refractivity contribution in [3.8, 4) is 0 Å². The Labute approximate surface area is 126 Å². The van der Waals surface area contributed by atoms with Crippen LogP contribution in [0.3, 0.4) is 0 Å². The summed E-state index contributed by atoms with van der Waals surface area (Å²) in [4.78, 5) is 11.9. The summed E-state index contributed by atoms with van der Waals surface area (Å²) in [5.74, 6) is -0.349. The Kier molecular flexibility index (Phi) is 6.17. The summed E-state index contributed by atoms with van der Waals surface area (Å²) in [6.45, 7) is 7.87. The Bertz CT molecular complexity index is 568. The van der Waals surface area contributed by atoms with E-state index in [1.165, 1.54) is 19.1 Å². The third-order valence-corrected chi connectivity index (χ3v) is 4.26. The Balaban J connectivity index is 2.79. The van der Waals surface area contributed by atoms with Crippen molar-refractivity contribution in [2.75, 3.05) is 11.9 Å². The van der Waals surface area contributed by atoms with Gasteiger partial charge in [-0.3, -0.25) is 4.79 Å². The van der Waals surface area contributed by atoms with Crippen molar-refractivity contribution in [3.05, 3.63) is 24.3 Å². The highest BCUT2D eigenvalue weighted by Gasteiger charge is 2.22. The smallest absolute Gasteiger partial charge is 0.241 e. The predicted octanol–water partition coefficient (Wildman–Crippen LogP) is 1.31. The zero-order valence-corrected chi connectivity index (χ0v) is 13.6. The van der Waals surface area contributed by atoms with Crippen LogP contribution in [0.5, 0.6) is 0 Å². The van der Waals surface area contributed by atoms with E-state index in [2.05, 4.69) is 15.4 Å². The zero-order valence-electron chi connectivity index (χ0n) is 12.8. The van der Waals surface area contributed by atoms with Gasteiger partial charge in [0.1, 0.15) is 0 Å². The zero-order chi connectivity index (χ0) is 16.0. The summed E-state index contributed by atoms with van der Waals surface area (Å²) in [5.41, 5.74) is 0.849. The summed E-state index contributed by atoms with van der Waals surface area (Å²) < 4.78 is 26.7. The minimum atomic E-state index is -3.71. The maximum Gasteiger partial charge on any atom is 0.241 e. The van der Waals surface area contributed by atoms with Gasteiger partial charge in [-0.05, 0) is 52.0 Å². The summed E-state index contributed by atoms with van der Waals surface area (Å²) in [7, 11) is -3.71. The molecule has 0 spiro atoms. The van der Waals surface area contributed by atoms with Crippen molar-refractivity contribution in [1.29, 1.82) is 0 Å². The largest absolute Gasteiger partial charge is 0.385 e. The Morgan fingerprint density at radius 3 is 2.19 bits per heavy atom. The number of anilines is 1. The van der Waals surface area contributed by atoms with Crippen molar-refractivity contribution < 1.29 is 13.2 Å². The summed E-state index contributed by atoms with van der Waals surface area (Å²) in [6.07, 6.45) is 0. The second-order valence-electron chi connectivity index (χ2n) is 5.06. The van der Waals surface area contributed by atoms with Crippen molar-refractivity contribution in [2.24, 2.45) is 0 Å². The van der Waals surface area contributed by atoms with Crippen molar-refractivity contribution in [2.45, 2.75) is 44.7 Å². The number of nitrogens with one attached hydrogen (secondary N) is 3. The van der Waals surface area contributed by atoms with Crippen LogP contribution in [0.25, 0.3) is 0 Å². The summed E-state index contributed by atoms with van der Waals surface area (Å²) in [5, 5.41) is 5.75. The molecule has 3 N–H and O–H groups in total. The Hall–Kier alpha value is -1.60. The van der Waals surface area contributed by atoms with Crippen molar-refractivity contribution >= 4 is 21.6 Å². The molecule has 0 radical (unpaired) electrons. The third-order valence-electron chi connectivity index (χ3n) is 2.70. The number of carbonyl (C=O) groups is 1. The Morgan fingerprint density at radius 2 is 1.71 bits per heavy atom. The average molecular weight is 313 g/mol. The molecule has 1 aromatic rings.